The average molecular weight is 773 g/mol. The molecule has 7 aromatic carbocycles. The largest absolute Gasteiger partial charge is 0.519 e. The molecule has 9 nitrogen and oxygen atoms in total. The van der Waals surface area contributed by atoms with Crippen molar-refractivity contribution in [3.63, 3.8) is 0 Å². The lowest BCUT2D eigenvalue weighted by molar-refractivity contribution is 0.121. The SMILES string of the molecule is COC(=O)Oc1ccc(C(C)(C)c2ccc(OC(=O)Oc3ccc(-c4ccc(Oc5cccc(Oc6ccc(-c7ccc(OC)cc7)cc6)c5)cc4)cc3)cc2)cc1. The first kappa shape index (κ1) is 38.7. The number of carbonyl (C=O) groups excluding carboxylic acids is 2. The van der Waals surface area contributed by atoms with Crippen molar-refractivity contribution >= 4 is 12.3 Å². The molecule has 0 aliphatic carbocycles. The highest BCUT2D eigenvalue weighted by Gasteiger charge is 2.24. The van der Waals surface area contributed by atoms with Crippen LogP contribution in [0.4, 0.5) is 9.59 Å². The molecule has 0 saturated carbocycles. The molecule has 290 valence electrons. The molecular formula is C49H40O9. The van der Waals surface area contributed by atoms with E-state index in [1.807, 2.05) is 133 Å². The molecule has 0 radical (unpaired) electrons. The monoisotopic (exact) mass is 772 g/mol. The van der Waals surface area contributed by atoms with Crippen molar-refractivity contribution in [3.05, 3.63) is 181 Å². The van der Waals surface area contributed by atoms with Crippen LogP contribution in [0.25, 0.3) is 22.3 Å². The van der Waals surface area contributed by atoms with Gasteiger partial charge in [0.15, 0.2) is 0 Å². The topological polar surface area (TPSA) is 98.8 Å². The summed E-state index contributed by atoms with van der Waals surface area (Å²) in [4.78, 5) is 24.0. The van der Waals surface area contributed by atoms with Gasteiger partial charge in [-0.2, -0.15) is 0 Å². The van der Waals surface area contributed by atoms with Crippen LogP contribution in [0.2, 0.25) is 0 Å². The first-order valence-electron chi connectivity index (χ1n) is 18.4. The predicted octanol–water partition coefficient (Wildman–Crippen LogP) is 12.7. The average Bonchev–Trinajstić information content (AvgIpc) is 3.25. The highest BCUT2D eigenvalue weighted by Crippen LogP contribution is 2.35. The summed E-state index contributed by atoms with van der Waals surface area (Å²) in [6, 6.07) is 52.7. The van der Waals surface area contributed by atoms with Gasteiger partial charge in [-0.05, 0) is 118 Å². The van der Waals surface area contributed by atoms with Crippen LogP contribution in [0.1, 0.15) is 25.0 Å². The predicted molar refractivity (Wildman–Crippen MR) is 222 cm³/mol. The van der Waals surface area contributed by atoms with Crippen LogP contribution in [0.15, 0.2) is 170 Å². The van der Waals surface area contributed by atoms with Crippen LogP contribution in [-0.4, -0.2) is 26.5 Å². The summed E-state index contributed by atoms with van der Waals surface area (Å²) in [6.45, 7) is 4.14. The van der Waals surface area contributed by atoms with Crippen molar-refractivity contribution in [2.45, 2.75) is 19.3 Å². The third-order valence-corrected chi connectivity index (χ3v) is 9.52. The fourth-order valence-electron chi connectivity index (χ4n) is 6.20. The second-order valence-corrected chi connectivity index (χ2v) is 13.7. The molecule has 0 amide bonds. The van der Waals surface area contributed by atoms with Crippen molar-refractivity contribution in [1.29, 1.82) is 0 Å². The van der Waals surface area contributed by atoms with Crippen molar-refractivity contribution in [1.82, 2.24) is 0 Å². The summed E-state index contributed by atoms with van der Waals surface area (Å²) in [7, 11) is 2.91. The smallest absolute Gasteiger partial charge is 0.497 e. The Morgan fingerprint density at radius 1 is 0.379 bits per heavy atom. The van der Waals surface area contributed by atoms with E-state index >= 15 is 0 Å². The van der Waals surface area contributed by atoms with E-state index in [0.717, 1.165) is 39.1 Å². The molecule has 0 saturated heterocycles. The van der Waals surface area contributed by atoms with Gasteiger partial charge in [-0.3, -0.25) is 0 Å². The quantitative estimate of drug-likeness (QED) is 0.0887. The molecule has 7 aromatic rings. The maximum absolute atomic E-state index is 12.6. The number of carbonyl (C=O) groups is 2. The van der Waals surface area contributed by atoms with E-state index in [1.54, 1.807) is 43.5 Å². The van der Waals surface area contributed by atoms with Gasteiger partial charge in [-0.1, -0.05) is 92.7 Å². The Bertz CT molecular complexity index is 2460. The normalized spacial score (nSPS) is 10.9. The lowest BCUT2D eigenvalue weighted by Crippen LogP contribution is -2.19. The fraction of sp³-hybridized carbons (Fsp3) is 0.102. The number of rotatable bonds is 12. The Hall–Kier alpha value is -7.52. The highest BCUT2D eigenvalue weighted by molar-refractivity contribution is 5.70. The van der Waals surface area contributed by atoms with Gasteiger partial charge in [-0.25, -0.2) is 9.59 Å². The molecule has 0 aliphatic rings. The van der Waals surface area contributed by atoms with Crippen LogP contribution in [0.5, 0.6) is 46.0 Å². The molecular weight excluding hydrogens is 733 g/mol. The van der Waals surface area contributed by atoms with Gasteiger partial charge in [0.2, 0.25) is 0 Å². The Morgan fingerprint density at radius 3 is 1.07 bits per heavy atom. The van der Waals surface area contributed by atoms with Gasteiger partial charge in [0.1, 0.15) is 46.0 Å². The number of methoxy groups -OCH3 is 2. The van der Waals surface area contributed by atoms with Crippen molar-refractivity contribution in [3.8, 4) is 68.2 Å². The van der Waals surface area contributed by atoms with E-state index in [-0.39, 0.29) is 5.41 Å². The maximum atomic E-state index is 12.6. The molecule has 9 heteroatoms. The summed E-state index contributed by atoms with van der Waals surface area (Å²) in [5, 5.41) is 0. The Kier molecular flexibility index (Phi) is 11.7. The molecule has 7 rings (SSSR count). The molecule has 0 unspecified atom stereocenters. The third-order valence-electron chi connectivity index (χ3n) is 9.52. The van der Waals surface area contributed by atoms with Gasteiger partial charge in [0, 0.05) is 11.5 Å². The van der Waals surface area contributed by atoms with Crippen LogP contribution in [0.3, 0.4) is 0 Å². The highest BCUT2D eigenvalue weighted by atomic mass is 16.7. The van der Waals surface area contributed by atoms with E-state index in [2.05, 4.69) is 18.6 Å². The number of hydrogen-bond donors (Lipinski definition) is 0. The van der Waals surface area contributed by atoms with E-state index in [0.29, 0.717) is 40.2 Å². The van der Waals surface area contributed by atoms with Gasteiger partial charge in [-0.15, -0.1) is 0 Å². The fourth-order valence-corrected chi connectivity index (χ4v) is 6.20. The standard InChI is InChI=1S/C49H40O9/c1-49(2,37-16-28-43(29-17-37)56-47(50)53-4)38-18-30-44(31-19-38)58-48(51)57-42-26-14-36(15-27-42)35-12-24-41(25-13-35)55-46-7-5-6-45(32-46)54-40-22-10-34(11-23-40)33-8-20-39(52-3)21-9-33/h5-32H,1-4H3. The Morgan fingerprint density at radius 2 is 0.707 bits per heavy atom. The van der Waals surface area contributed by atoms with Crippen LogP contribution in [-0.2, 0) is 10.2 Å². The minimum absolute atomic E-state index is 0.348. The zero-order valence-corrected chi connectivity index (χ0v) is 32.3. The molecule has 58 heavy (non-hydrogen) atoms. The molecule has 0 bridgehead atoms. The van der Waals surface area contributed by atoms with Gasteiger partial charge >= 0.3 is 12.3 Å². The Balaban J connectivity index is 0.897. The zero-order chi connectivity index (χ0) is 40.5. The summed E-state index contributed by atoms with van der Waals surface area (Å²) in [5.74, 6) is 4.59. The molecule has 0 aromatic heterocycles. The second kappa shape index (κ2) is 17.5. The number of hydrogen-bond acceptors (Lipinski definition) is 9. The lowest BCUT2D eigenvalue weighted by atomic mass is 9.78. The summed E-state index contributed by atoms with van der Waals surface area (Å²) >= 11 is 0. The van der Waals surface area contributed by atoms with Gasteiger partial charge < -0.3 is 33.2 Å². The molecule has 0 N–H and O–H groups in total. The number of benzene rings is 7. The van der Waals surface area contributed by atoms with E-state index in [9.17, 15) is 9.59 Å². The first-order chi connectivity index (χ1) is 28.1. The van der Waals surface area contributed by atoms with E-state index in [4.69, 9.17) is 28.4 Å². The third kappa shape index (κ3) is 9.64. The van der Waals surface area contributed by atoms with Gasteiger partial charge in [0.05, 0.1) is 14.2 Å². The molecule has 0 spiro atoms. The molecule has 0 atom stereocenters. The summed E-state index contributed by atoms with van der Waals surface area (Å²) in [5.41, 5.74) is 5.69. The molecule has 0 fully saturated rings. The molecule has 0 aliphatic heterocycles. The summed E-state index contributed by atoms with van der Waals surface area (Å²) < 4.78 is 38.0. The number of ether oxygens (including phenoxy) is 7. The van der Waals surface area contributed by atoms with E-state index < -0.39 is 12.3 Å². The minimum atomic E-state index is -0.848. The first-order valence-corrected chi connectivity index (χ1v) is 18.4. The van der Waals surface area contributed by atoms with Crippen LogP contribution in [0, 0.1) is 0 Å². The maximum Gasteiger partial charge on any atom is 0.519 e. The zero-order valence-electron chi connectivity index (χ0n) is 32.3. The van der Waals surface area contributed by atoms with Crippen molar-refractivity contribution in [2.75, 3.05) is 14.2 Å². The van der Waals surface area contributed by atoms with Crippen LogP contribution >= 0.6 is 0 Å². The van der Waals surface area contributed by atoms with Gasteiger partial charge in [0.25, 0.3) is 0 Å². The van der Waals surface area contributed by atoms with Crippen molar-refractivity contribution < 1.29 is 42.7 Å². The lowest BCUT2D eigenvalue weighted by Gasteiger charge is -2.26. The minimum Gasteiger partial charge on any atom is -0.497 e. The Labute approximate surface area is 336 Å². The second-order valence-electron chi connectivity index (χ2n) is 13.7. The van der Waals surface area contributed by atoms with Crippen LogP contribution < -0.4 is 28.4 Å². The van der Waals surface area contributed by atoms with E-state index in [1.165, 1.54) is 7.11 Å². The summed E-state index contributed by atoms with van der Waals surface area (Å²) in [6.07, 6.45) is -1.62. The molecule has 0 heterocycles. The van der Waals surface area contributed by atoms with Crippen molar-refractivity contribution in [2.24, 2.45) is 0 Å².